The minimum atomic E-state index is -0.421. The van der Waals surface area contributed by atoms with Gasteiger partial charge in [0.2, 0.25) is 5.91 Å². The van der Waals surface area contributed by atoms with Crippen molar-refractivity contribution in [1.82, 2.24) is 40.1 Å². The number of rotatable bonds is 7. The van der Waals surface area contributed by atoms with E-state index in [0.717, 1.165) is 80.8 Å². The van der Waals surface area contributed by atoms with Gasteiger partial charge < -0.3 is 19.6 Å². The Labute approximate surface area is 324 Å². The third-order valence-corrected chi connectivity index (χ3v) is 12.0. The minimum absolute atomic E-state index is 0.0504. The van der Waals surface area contributed by atoms with Crippen molar-refractivity contribution in [3.63, 3.8) is 0 Å². The predicted molar refractivity (Wildman–Crippen MR) is 208 cm³/mol. The first-order valence-electron chi connectivity index (χ1n) is 19.2. The van der Waals surface area contributed by atoms with Crippen molar-refractivity contribution in [3.05, 3.63) is 65.2 Å². The second kappa shape index (κ2) is 15.4. The zero-order valence-electron chi connectivity index (χ0n) is 31.1. The van der Waals surface area contributed by atoms with E-state index in [9.17, 15) is 19.6 Å². The van der Waals surface area contributed by atoms with Crippen LogP contribution in [0.5, 0.6) is 0 Å². The quantitative estimate of drug-likeness (QED) is 0.283. The van der Waals surface area contributed by atoms with Crippen LogP contribution in [0, 0.1) is 17.2 Å². The summed E-state index contributed by atoms with van der Waals surface area (Å²) in [5.41, 5.74) is 3.32. The molecule has 0 aliphatic carbocycles. The number of piperazine rings is 1. The summed E-state index contributed by atoms with van der Waals surface area (Å²) in [5.74, 6) is 1.03. The van der Waals surface area contributed by atoms with Gasteiger partial charge in [-0.25, -0.2) is 4.79 Å². The van der Waals surface area contributed by atoms with Crippen LogP contribution in [0.2, 0.25) is 5.02 Å². The zero-order chi connectivity index (χ0) is 38.2. The van der Waals surface area contributed by atoms with E-state index in [2.05, 4.69) is 52.9 Å². The summed E-state index contributed by atoms with van der Waals surface area (Å²) in [4.78, 5) is 52.7. The monoisotopic (exact) mass is 764 g/mol. The third kappa shape index (κ3) is 7.40. The lowest BCUT2D eigenvalue weighted by molar-refractivity contribution is -0.120. The number of likely N-dealkylation sites (tertiary alicyclic amines) is 1. The molecule has 55 heavy (non-hydrogen) atoms. The largest absolute Gasteiger partial charge is 0.365 e. The highest BCUT2D eigenvalue weighted by molar-refractivity contribution is 6.32. The van der Waals surface area contributed by atoms with Crippen molar-refractivity contribution in [2.45, 2.75) is 64.1 Å². The molecular formula is C39H45ClN12O3. The highest BCUT2D eigenvalue weighted by Crippen LogP contribution is 2.33. The molecule has 1 aromatic carbocycles. The van der Waals surface area contributed by atoms with Crippen LogP contribution in [0.3, 0.4) is 0 Å². The molecule has 4 aromatic rings. The van der Waals surface area contributed by atoms with Crippen LogP contribution in [-0.4, -0.2) is 117 Å². The first kappa shape index (κ1) is 36.6. The number of nitrogens with one attached hydrogen (secondary N) is 1. The van der Waals surface area contributed by atoms with E-state index in [1.54, 1.807) is 23.2 Å². The van der Waals surface area contributed by atoms with Crippen LogP contribution < -0.4 is 20.0 Å². The van der Waals surface area contributed by atoms with Crippen molar-refractivity contribution in [2.24, 2.45) is 5.92 Å². The second-order valence-corrected chi connectivity index (χ2v) is 15.7. The fraction of sp³-hybridized carbons (Fsp3) is 0.487. The number of piperidine rings is 2. The maximum atomic E-state index is 13.6. The Morgan fingerprint density at radius 1 is 0.945 bits per heavy atom. The van der Waals surface area contributed by atoms with Gasteiger partial charge in [0.25, 0.3) is 5.91 Å². The number of halogens is 1. The van der Waals surface area contributed by atoms with Gasteiger partial charge in [0, 0.05) is 81.9 Å². The summed E-state index contributed by atoms with van der Waals surface area (Å²) in [7, 11) is 0. The van der Waals surface area contributed by atoms with E-state index in [4.69, 9.17) is 16.7 Å². The molecule has 0 unspecified atom stereocenters. The molecule has 0 spiro atoms. The minimum Gasteiger partial charge on any atom is -0.365 e. The SMILES string of the molecule is C[C@@H]1CN(c2ccc(C#N)c(Cl)c2)[C@@H](C)CN1C(=O)c1ccc(N2CCC(CN3CCC(n4ncc5c(N6CCC(=O)NC6=O)cncc54)CC3)CC2)nn1. The number of amides is 4. The van der Waals surface area contributed by atoms with Gasteiger partial charge in [0.1, 0.15) is 6.07 Å². The van der Waals surface area contributed by atoms with Crippen LogP contribution in [-0.2, 0) is 4.79 Å². The van der Waals surface area contributed by atoms with Crippen LogP contribution in [0.1, 0.15) is 68.0 Å². The standard InChI is InChI=1S/C39H45ClN12O3/c1-25-23-51(26(2)22-50(25)30-4-3-28(18-41)32(40)17-30)38(54)33-5-6-36(46-45-33)48-14-7-27(8-15-48)24-47-12-9-29(10-13-47)52-35-21-42-20-34(31(35)19-43-52)49-16-11-37(53)44-39(49)55/h3-6,17,19-21,25-27,29H,7-16,22-24H2,1-2H3,(H,44,53,55)/t25-,26+/m0/s1. The fourth-order valence-corrected chi connectivity index (χ4v) is 8.82. The molecule has 3 aromatic heterocycles. The molecule has 16 heteroatoms. The van der Waals surface area contributed by atoms with E-state index in [-0.39, 0.29) is 36.4 Å². The van der Waals surface area contributed by atoms with Crippen LogP contribution in [0.4, 0.5) is 22.0 Å². The van der Waals surface area contributed by atoms with Gasteiger partial charge in [0.15, 0.2) is 11.5 Å². The molecule has 7 heterocycles. The third-order valence-electron chi connectivity index (χ3n) is 11.7. The molecule has 4 aliphatic rings. The normalized spacial score (nSPS) is 21.9. The summed E-state index contributed by atoms with van der Waals surface area (Å²) in [6.07, 6.45) is 9.67. The molecule has 15 nitrogen and oxygen atoms in total. The summed E-state index contributed by atoms with van der Waals surface area (Å²) in [6, 6.07) is 11.1. The van der Waals surface area contributed by atoms with E-state index in [1.807, 2.05) is 42.4 Å². The molecule has 0 saturated carbocycles. The molecule has 2 atom stereocenters. The Morgan fingerprint density at radius 3 is 2.45 bits per heavy atom. The highest BCUT2D eigenvalue weighted by atomic mass is 35.5. The first-order valence-corrected chi connectivity index (χ1v) is 19.6. The molecule has 4 amide bonds. The summed E-state index contributed by atoms with van der Waals surface area (Å²) >= 11 is 6.31. The van der Waals surface area contributed by atoms with E-state index in [0.29, 0.717) is 47.5 Å². The van der Waals surface area contributed by atoms with Crippen molar-refractivity contribution in [2.75, 3.05) is 67.1 Å². The maximum Gasteiger partial charge on any atom is 0.328 e. The average molecular weight is 765 g/mol. The van der Waals surface area contributed by atoms with E-state index >= 15 is 0 Å². The zero-order valence-corrected chi connectivity index (χ0v) is 31.9. The molecule has 0 bridgehead atoms. The van der Waals surface area contributed by atoms with Gasteiger partial charge in [-0.05, 0) is 75.8 Å². The van der Waals surface area contributed by atoms with Crippen molar-refractivity contribution >= 4 is 57.5 Å². The molecular weight excluding hydrogens is 720 g/mol. The van der Waals surface area contributed by atoms with Gasteiger partial charge in [-0.2, -0.15) is 10.4 Å². The van der Waals surface area contributed by atoms with Gasteiger partial charge in [0.05, 0.1) is 46.4 Å². The Kier molecular flexibility index (Phi) is 10.3. The molecule has 4 saturated heterocycles. The molecule has 286 valence electrons. The van der Waals surface area contributed by atoms with Crippen molar-refractivity contribution < 1.29 is 14.4 Å². The van der Waals surface area contributed by atoms with Crippen LogP contribution in [0.15, 0.2) is 48.9 Å². The topological polar surface area (TPSA) is 160 Å². The lowest BCUT2D eigenvalue weighted by atomic mass is 9.94. The Hall–Kier alpha value is -5.33. The highest BCUT2D eigenvalue weighted by Gasteiger charge is 2.34. The number of fused-ring (bicyclic) bond motifs is 1. The van der Waals surface area contributed by atoms with Crippen LogP contribution >= 0.6 is 11.6 Å². The molecule has 4 fully saturated rings. The number of benzene rings is 1. The smallest absolute Gasteiger partial charge is 0.328 e. The lowest BCUT2D eigenvalue weighted by Gasteiger charge is -2.45. The van der Waals surface area contributed by atoms with Gasteiger partial charge >= 0.3 is 6.03 Å². The Bertz CT molecular complexity index is 2120. The predicted octanol–water partition coefficient (Wildman–Crippen LogP) is 4.49. The lowest BCUT2D eigenvalue weighted by Crippen LogP contribution is -2.58. The number of pyridine rings is 1. The summed E-state index contributed by atoms with van der Waals surface area (Å²) < 4.78 is 2.06. The number of anilines is 3. The van der Waals surface area contributed by atoms with Gasteiger partial charge in [-0.1, -0.05) is 11.6 Å². The number of hydrogen-bond donors (Lipinski definition) is 1. The number of carbonyl (C=O) groups excluding carboxylic acids is 3. The maximum absolute atomic E-state index is 13.6. The molecule has 0 radical (unpaired) electrons. The van der Waals surface area contributed by atoms with Gasteiger partial charge in [-0.15, -0.1) is 10.2 Å². The number of carbonyl (C=O) groups is 3. The second-order valence-electron chi connectivity index (χ2n) is 15.3. The first-order chi connectivity index (χ1) is 26.7. The fourth-order valence-electron chi connectivity index (χ4n) is 8.60. The number of imide groups is 1. The Balaban J connectivity index is 0.807. The molecule has 4 aliphatic heterocycles. The number of aromatic nitrogens is 5. The number of urea groups is 1. The summed E-state index contributed by atoms with van der Waals surface area (Å²) in [5, 5.41) is 26.6. The van der Waals surface area contributed by atoms with Crippen molar-refractivity contribution in [3.8, 4) is 6.07 Å². The van der Waals surface area contributed by atoms with E-state index < -0.39 is 6.03 Å². The number of hydrogen-bond acceptors (Lipinski definition) is 11. The van der Waals surface area contributed by atoms with E-state index in [1.165, 1.54) is 0 Å². The number of nitriles is 1. The van der Waals surface area contributed by atoms with Crippen molar-refractivity contribution in [1.29, 1.82) is 5.26 Å². The molecule has 8 rings (SSSR count). The van der Waals surface area contributed by atoms with Gasteiger partial charge in [-0.3, -0.25) is 29.5 Å². The number of nitrogens with zero attached hydrogens (tertiary/aromatic N) is 11. The Morgan fingerprint density at radius 2 is 1.75 bits per heavy atom. The van der Waals surface area contributed by atoms with Crippen LogP contribution in [0.25, 0.3) is 10.9 Å². The summed E-state index contributed by atoms with van der Waals surface area (Å²) in [6.45, 7) is 10.5. The molecule has 1 N–H and O–H groups in total. The average Bonchev–Trinajstić information content (AvgIpc) is 3.64.